The fraction of sp³-hybridized carbons (Fsp3) is 0.0714. The van der Waals surface area contributed by atoms with Gasteiger partial charge in [0.1, 0.15) is 5.82 Å². The van der Waals surface area contributed by atoms with E-state index in [0.717, 1.165) is 17.8 Å². The Morgan fingerprint density at radius 1 is 1.24 bits per heavy atom. The highest BCUT2D eigenvalue weighted by Gasteiger charge is 2.16. The Labute approximate surface area is 135 Å². The molecule has 0 saturated heterocycles. The van der Waals surface area contributed by atoms with E-state index >= 15 is 0 Å². The Kier molecular flexibility index (Phi) is 4.98. The summed E-state index contributed by atoms with van der Waals surface area (Å²) < 4.78 is 18.6. The molecule has 0 atom stereocenters. The van der Waals surface area contributed by atoms with Gasteiger partial charge in [0.25, 0.3) is 0 Å². The number of carbonyl (C=O) groups is 1. The van der Waals surface area contributed by atoms with Crippen molar-refractivity contribution in [3.8, 4) is 0 Å². The van der Waals surface area contributed by atoms with E-state index in [-0.39, 0.29) is 16.1 Å². The molecule has 0 aliphatic heterocycles. The monoisotopic (exact) mass is 345 g/mol. The minimum Gasteiger partial charge on any atom is -0.465 e. The molecule has 110 valence electrons. The summed E-state index contributed by atoms with van der Waals surface area (Å²) in [5.74, 6) is -1.19. The molecule has 0 heterocycles. The van der Waals surface area contributed by atoms with Gasteiger partial charge in [0.15, 0.2) is 0 Å². The quantitative estimate of drug-likeness (QED) is 0.649. The molecule has 0 fully saturated rings. The number of methoxy groups -OCH3 is 1. The highest BCUT2D eigenvalue weighted by Crippen LogP contribution is 2.37. The van der Waals surface area contributed by atoms with Gasteiger partial charge in [-0.2, -0.15) is 0 Å². The summed E-state index contributed by atoms with van der Waals surface area (Å²) in [6.07, 6.45) is 0. The lowest BCUT2D eigenvalue weighted by Gasteiger charge is -2.09. The molecule has 2 aromatic rings. The Hall–Kier alpha value is -1.43. The fourth-order valence-electron chi connectivity index (χ4n) is 1.61. The van der Waals surface area contributed by atoms with Crippen LogP contribution in [0.5, 0.6) is 0 Å². The second kappa shape index (κ2) is 6.56. The molecule has 0 spiro atoms. The van der Waals surface area contributed by atoms with Gasteiger partial charge in [-0.3, -0.25) is 0 Å². The lowest BCUT2D eigenvalue weighted by atomic mass is 10.2. The third kappa shape index (κ3) is 3.61. The molecule has 0 aliphatic carbocycles. The maximum Gasteiger partial charge on any atom is 0.339 e. The summed E-state index contributed by atoms with van der Waals surface area (Å²) >= 11 is 13.0. The number of hydrogen-bond donors (Lipinski definition) is 1. The zero-order chi connectivity index (χ0) is 15.6. The normalized spacial score (nSPS) is 10.5. The number of anilines is 1. The van der Waals surface area contributed by atoms with Gasteiger partial charge in [-0.25, -0.2) is 9.18 Å². The standard InChI is InChI=1S/C14H10Cl2FNO2S/c1-20-14(19)8-5-13(10(17)6-11(8)18)21-12-4-7(15)2-3-9(12)16/h2-6H,18H2,1H3. The van der Waals surface area contributed by atoms with Crippen LogP contribution < -0.4 is 5.73 Å². The lowest BCUT2D eigenvalue weighted by Crippen LogP contribution is -2.06. The van der Waals surface area contributed by atoms with Crippen LogP contribution in [-0.4, -0.2) is 13.1 Å². The third-order valence-electron chi connectivity index (χ3n) is 2.62. The van der Waals surface area contributed by atoms with Gasteiger partial charge >= 0.3 is 5.97 Å². The minimum atomic E-state index is -0.633. The summed E-state index contributed by atoms with van der Waals surface area (Å²) in [6, 6.07) is 7.27. The second-order valence-corrected chi connectivity index (χ2v) is 5.97. The van der Waals surface area contributed by atoms with Crippen LogP contribution in [-0.2, 0) is 4.74 Å². The molecular weight excluding hydrogens is 336 g/mol. The van der Waals surface area contributed by atoms with E-state index in [1.807, 2.05) is 0 Å². The van der Waals surface area contributed by atoms with Crippen molar-refractivity contribution in [3.63, 3.8) is 0 Å². The van der Waals surface area contributed by atoms with Crippen molar-refractivity contribution in [3.05, 3.63) is 51.8 Å². The third-order valence-corrected chi connectivity index (χ3v) is 4.39. The van der Waals surface area contributed by atoms with Crippen molar-refractivity contribution < 1.29 is 13.9 Å². The van der Waals surface area contributed by atoms with Gasteiger partial charge in [-0.05, 0) is 30.3 Å². The number of rotatable bonds is 3. The number of nitrogens with two attached hydrogens (primary N) is 1. The SMILES string of the molecule is COC(=O)c1cc(Sc2cc(Cl)ccc2Cl)c(F)cc1N. The number of hydrogen-bond acceptors (Lipinski definition) is 4. The fourth-order valence-corrected chi connectivity index (χ4v) is 3.00. The van der Waals surface area contributed by atoms with Crippen LogP contribution in [0.25, 0.3) is 0 Å². The van der Waals surface area contributed by atoms with E-state index in [1.54, 1.807) is 18.2 Å². The smallest absolute Gasteiger partial charge is 0.339 e. The zero-order valence-electron chi connectivity index (χ0n) is 10.8. The molecule has 2 aromatic carbocycles. The summed E-state index contributed by atoms with van der Waals surface area (Å²) in [4.78, 5) is 12.4. The molecule has 0 aromatic heterocycles. The van der Waals surface area contributed by atoms with E-state index in [9.17, 15) is 9.18 Å². The second-order valence-electron chi connectivity index (χ2n) is 4.04. The minimum absolute atomic E-state index is 0.0147. The number of benzene rings is 2. The first-order valence-corrected chi connectivity index (χ1v) is 7.30. The van der Waals surface area contributed by atoms with Gasteiger partial charge in [0.05, 0.1) is 17.7 Å². The summed E-state index contributed by atoms with van der Waals surface area (Å²) in [5, 5.41) is 0.909. The molecule has 3 nitrogen and oxygen atoms in total. The molecule has 21 heavy (non-hydrogen) atoms. The van der Waals surface area contributed by atoms with Crippen molar-refractivity contribution in [2.75, 3.05) is 12.8 Å². The molecule has 0 aliphatic rings. The first kappa shape index (κ1) is 15.9. The molecule has 0 saturated carbocycles. The average Bonchev–Trinajstić information content (AvgIpc) is 2.44. The predicted octanol–water partition coefficient (Wildman–Crippen LogP) is 4.65. The maximum absolute atomic E-state index is 14.0. The molecule has 0 bridgehead atoms. The first-order chi connectivity index (χ1) is 9.92. The van der Waals surface area contributed by atoms with E-state index in [0.29, 0.717) is 14.9 Å². The van der Waals surface area contributed by atoms with Crippen LogP contribution in [0, 0.1) is 5.82 Å². The Morgan fingerprint density at radius 2 is 1.95 bits per heavy atom. The number of nitrogen functional groups attached to an aromatic ring is 1. The molecule has 0 unspecified atom stereocenters. The first-order valence-electron chi connectivity index (χ1n) is 5.72. The van der Waals surface area contributed by atoms with Crippen LogP contribution in [0.1, 0.15) is 10.4 Å². The van der Waals surface area contributed by atoms with Crippen molar-refractivity contribution in [1.29, 1.82) is 0 Å². The number of ether oxygens (including phenoxy) is 1. The predicted molar refractivity (Wildman–Crippen MR) is 82.7 cm³/mol. The van der Waals surface area contributed by atoms with Crippen molar-refractivity contribution in [2.24, 2.45) is 0 Å². The average molecular weight is 346 g/mol. The Morgan fingerprint density at radius 3 is 2.62 bits per heavy atom. The largest absolute Gasteiger partial charge is 0.465 e. The van der Waals surface area contributed by atoms with Crippen molar-refractivity contribution >= 4 is 46.6 Å². The number of esters is 1. The molecule has 2 rings (SSSR count). The van der Waals surface area contributed by atoms with Crippen LogP contribution in [0.4, 0.5) is 10.1 Å². The van der Waals surface area contributed by atoms with Crippen molar-refractivity contribution in [1.82, 2.24) is 0 Å². The number of carbonyl (C=O) groups excluding carboxylic acids is 1. The number of halogens is 3. The molecule has 7 heteroatoms. The van der Waals surface area contributed by atoms with Gasteiger partial charge in [-0.1, -0.05) is 35.0 Å². The van der Waals surface area contributed by atoms with Gasteiger partial charge in [0.2, 0.25) is 0 Å². The molecular formula is C14H10Cl2FNO2S. The Balaban J connectivity index is 2.44. The van der Waals surface area contributed by atoms with Gasteiger partial charge < -0.3 is 10.5 Å². The van der Waals surface area contributed by atoms with Crippen molar-refractivity contribution in [2.45, 2.75) is 9.79 Å². The highest BCUT2D eigenvalue weighted by molar-refractivity contribution is 7.99. The summed E-state index contributed by atoms with van der Waals surface area (Å²) in [6.45, 7) is 0. The van der Waals surface area contributed by atoms with E-state index < -0.39 is 11.8 Å². The highest BCUT2D eigenvalue weighted by atomic mass is 35.5. The van der Waals surface area contributed by atoms with E-state index in [1.165, 1.54) is 13.2 Å². The molecule has 2 N–H and O–H groups in total. The molecule has 0 amide bonds. The molecule has 0 radical (unpaired) electrons. The maximum atomic E-state index is 14.0. The van der Waals surface area contributed by atoms with Crippen LogP contribution in [0.15, 0.2) is 40.1 Å². The van der Waals surface area contributed by atoms with Gasteiger partial charge in [-0.15, -0.1) is 0 Å². The summed E-state index contributed by atoms with van der Waals surface area (Å²) in [7, 11) is 1.23. The lowest BCUT2D eigenvalue weighted by molar-refractivity contribution is 0.0601. The van der Waals surface area contributed by atoms with Crippen LogP contribution in [0.3, 0.4) is 0 Å². The van der Waals surface area contributed by atoms with E-state index in [4.69, 9.17) is 28.9 Å². The Bertz CT molecular complexity index is 710. The van der Waals surface area contributed by atoms with Crippen LogP contribution in [0.2, 0.25) is 10.0 Å². The topological polar surface area (TPSA) is 52.3 Å². The summed E-state index contributed by atoms with van der Waals surface area (Å²) in [5.41, 5.74) is 5.73. The zero-order valence-corrected chi connectivity index (χ0v) is 13.2. The van der Waals surface area contributed by atoms with Gasteiger partial charge in [0, 0.05) is 20.5 Å². The van der Waals surface area contributed by atoms with E-state index in [2.05, 4.69) is 4.74 Å². The van der Waals surface area contributed by atoms with Crippen LogP contribution >= 0.6 is 35.0 Å².